The number of rotatable bonds is 10. The molecule has 0 aromatic heterocycles. The lowest BCUT2D eigenvalue weighted by atomic mass is 10.2. The third kappa shape index (κ3) is 6.34. The quantitative estimate of drug-likeness (QED) is 0.403. The second kappa shape index (κ2) is 11.3. The zero-order valence-corrected chi connectivity index (χ0v) is 19.5. The normalized spacial score (nSPS) is 15.6. The Labute approximate surface area is 198 Å². The zero-order valence-electron chi connectivity index (χ0n) is 17.9. The van der Waals surface area contributed by atoms with Crippen molar-refractivity contribution in [1.29, 1.82) is 0 Å². The van der Waals surface area contributed by atoms with Gasteiger partial charge in [-0.1, -0.05) is 35.9 Å². The number of carbonyl (C=O) groups excluding carboxylic acids is 2. The van der Waals surface area contributed by atoms with E-state index in [-0.39, 0.29) is 33.8 Å². The van der Waals surface area contributed by atoms with Crippen LogP contribution >= 0.6 is 11.6 Å². The lowest BCUT2D eigenvalue weighted by Crippen LogP contribution is -2.34. The van der Waals surface area contributed by atoms with E-state index >= 15 is 0 Å². The number of ether oxygens (including phenoxy) is 2. The molecule has 1 N–H and O–H groups in total. The van der Waals surface area contributed by atoms with Crippen molar-refractivity contribution in [3.05, 3.63) is 71.8 Å². The highest BCUT2D eigenvalue weighted by Gasteiger charge is 2.26. The van der Waals surface area contributed by atoms with Crippen LogP contribution in [0.25, 0.3) is 0 Å². The molecule has 0 aliphatic carbocycles. The molecule has 1 fully saturated rings. The molecule has 176 valence electrons. The van der Waals surface area contributed by atoms with Gasteiger partial charge in [-0.25, -0.2) is 13.2 Å². The molecular formula is C23H25ClN2O6S. The van der Waals surface area contributed by atoms with Gasteiger partial charge in [0.05, 0.1) is 33.8 Å². The number of esters is 1. The molecule has 1 saturated heterocycles. The monoisotopic (exact) mass is 492 g/mol. The second-order valence-electron chi connectivity index (χ2n) is 7.32. The van der Waals surface area contributed by atoms with Gasteiger partial charge in [0, 0.05) is 13.2 Å². The van der Waals surface area contributed by atoms with Crippen LogP contribution in [0.2, 0.25) is 5.02 Å². The highest BCUT2D eigenvalue weighted by Crippen LogP contribution is 2.30. The van der Waals surface area contributed by atoms with Gasteiger partial charge in [0.25, 0.3) is 15.9 Å². The van der Waals surface area contributed by atoms with Gasteiger partial charge in [-0.3, -0.25) is 9.10 Å². The predicted molar refractivity (Wildman–Crippen MR) is 125 cm³/mol. The molecule has 0 radical (unpaired) electrons. The first kappa shape index (κ1) is 24.8. The first-order valence-electron chi connectivity index (χ1n) is 10.4. The number of sulfonamides is 1. The predicted octanol–water partition coefficient (Wildman–Crippen LogP) is 3.17. The number of amides is 1. The van der Waals surface area contributed by atoms with Crippen LogP contribution in [-0.4, -0.2) is 52.7 Å². The summed E-state index contributed by atoms with van der Waals surface area (Å²) >= 11 is 6.21. The molecule has 1 atom stereocenters. The van der Waals surface area contributed by atoms with Crippen LogP contribution in [0.3, 0.4) is 0 Å². The number of hydrogen-bond acceptors (Lipinski definition) is 6. The maximum Gasteiger partial charge on any atom is 0.338 e. The van der Waals surface area contributed by atoms with E-state index in [1.54, 1.807) is 24.3 Å². The lowest BCUT2D eigenvalue weighted by Gasteiger charge is -2.24. The Balaban J connectivity index is 1.70. The summed E-state index contributed by atoms with van der Waals surface area (Å²) in [5.74, 6) is -1.27. The van der Waals surface area contributed by atoms with Crippen molar-refractivity contribution < 1.29 is 27.5 Å². The van der Waals surface area contributed by atoms with Crippen LogP contribution in [0.1, 0.15) is 23.2 Å². The molecule has 1 amide bonds. The smallest absolute Gasteiger partial charge is 0.338 e. The molecule has 2 aromatic rings. The average molecular weight is 493 g/mol. The van der Waals surface area contributed by atoms with Gasteiger partial charge < -0.3 is 14.8 Å². The summed E-state index contributed by atoms with van der Waals surface area (Å²) in [6.45, 7) is 4.15. The number of benzene rings is 2. The molecule has 0 saturated carbocycles. The largest absolute Gasteiger partial charge is 0.452 e. The highest BCUT2D eigenvalue weighted by atomic mass is 35.5. The molecule has 10 heteroatoms. The van der Waals surface area contributed by atoms with Gasteiger partial charge >= 0.3 is 5.97 Å². The number of nitrogens with zero attached hydrogens (tertiary/aromatic N) is 1. The van der Waals surface area contributed by atoms with Crippen molar-refractivity contribution in [2.75, 3.05) is 30.6 Å². The van der Waals surface area contributed by atoms with E-state index in [0.717, 1.165) is 17.1 Å². The molecule has 0 spiro atoms. The molecular weight excluding hydrogens is 468 g/mol. The van der Waals surface area contributed by atoms with Crippen molar-refractivity contribution >= 4 is 39.2 Å². The zero-order chi connectivity index (χ0) is 23.8. The summed E-state index contributed by atoms with van der Waals surface area (Å²) in [5, 5.41) is 2.91. The third-order valence-corrected chi connectivity index (χ3v) is 7.05. The van der Waals surface area contributed by atoms with Gasteiger partial charge in [0.15, 0.2) is 6.61 Å². The van der Waals surface area contributed by atoms with Crippen LogP contribution in [0.5, 0.6) is 0 Å². The van der Waals surface area contributed by atoms with Crippen LogP contribution in [0.4, 0.5) is 5.69 Å². The number of nitrogens with one attached hydrogen (secondary N) is 1. The Morgan fingerprint density at radius 2 is 2.03 bits per heavy atom. The first-order chi connectivity index (χ1) is 15.8. The lowest BCUT2D eigenvalue weighted by molar-refractivity contribution is -0.124. The minimum Gasteiger partial charge on any atom is -0.452 e. The second-order valence-corrected chi connectivity index (χ2v) is 9.59. The number of carbonyl (C=O) groups is 2. The van der Waals surface area contributed by atoms with Crippen LogP contribution in [0.15, 0.2) is 66.1 Å². The van der Waals surface area contributed by atoms with Crippen LogP contribution in [0, 0.1) is 0 Å². The molecule has 1 unspecified atom stereocenters. The Hall–Kier alpha value is -2.88. The number of anilines is 1. The van der Waals surface area contributed by atoms with E-state index in [4.69, 9.17) is 21.1 Å². The van der Waals surface area contributed by atoms with Crippen LogP contribution in [-0.2, 0) is 24.3 Å². The summed E-state index contributed by atoms with van der Waals surface area (Å²) in [6, 6.07) is 11.9. The summed E-state index contributed by atoms with van der Waals surface area (Å²) in [5.41, 5.74) is 0.288. The molecule has 1 heterocycles. The van der Waals surface area contributed by atoms with Crippen LogP contribution < -0.4 is 9.62 Å². The third-order valence-electron chi connectivity index (χ3n) is 4.96. The molecule has 1 aliphatic rings. The highest BCUT2D eigenvalue weighted by molar-refractivity contribution is 7.92. The van der Waals surface area contributed by atoms with Gasteiger partial charge in [-0.15, -0.1) is 6.58 Å². The van der Waals surface area contributed by atoms with Gasteiger partial charge in [0.1, 0.15) is 0 Å². The maximum absolute atomic E-state index is 13.3. The van der Waals surface area contributed by atoms with E-state index in [1.165, 1.54) is 30.3 Å². The molecule has 2 aromatic carbocycles. The Kier molecular flexibility index (Phi) is 8.49. The molecule has 3 rings (SSSR count). The van der Waals surface area contributed by atoms with Gasteiger partial charge in [0.2, 0.25) is 0 Å². The molecule has 8 nitrogen and oxygen atoms in total. The van der Waals surface area contributed by atoms with Gasteiger partial charge in [-0.2, -0.15) is 0 Å². The number of halogens is 1. The molecule has 1 aliphatic heterocycles. The maximum atomic E-state index is 13.3. The van der Waals surface area contributed by atoms with Crippen molar-refractivity contribution in [2.24, 2.45) is 0 Å². The molecule has 0 bridgehead atoms. The fraction of sp³-hybridized carbons (Fsp3) is 0.304. The minimum absolute atomic E-state index is 0.000660. The van der Waals surface area contributed by atoms with E-state index in [2.05, 4.69) is 11.9 Å². The minimum atomic E-state index is -4.07. The topological polar surface area (TPSA) is 102 Å². The molecule has 33 heavy (non-hydrogen) atoms. The van der Waals surface area contributed by atoms with E-state index in [0.29, 0.717) is 13.2 Å². The fourth-order valence-electron chi connectivity index (χ4n) is 3.31. The average Bonchev–Trinajstić information content (AvgIpc) is 3.34. The van der Waals surface area contributed by atoms with Crippen molar-refractivity contribution in [3.63, 3.8) is 0 Å². The van der Waals surface area contributed by atoms with Gasteiger partial charge in [-0.05, 0) is 43.2 Å². The SMILES string of the molecule is C=CCN(c1ccccc1Cl)S(=O)(=O)c1cccc(C(=O)OCC(=O)NCC2CCCO2)c1. The summed E-state index contributed by atoms with van der Waals surface area (Å²) < 4.78 is 38.2. The number of hydrogen-bond donors (Lipinski definition) is 1. The summed E-state index contributed by atoms with van der Waals surface area (Å²) in [4.78, 5) is 24.3. The van der Waals surface area contributed by atoms with Crippen molar-refractivity contribution in [2.45, 2.75) is 23.8 Å². The number of para-hydroxylation sites is 1. The Bertz CT molecular complexity index is 1120. The fourth-order valence-corrected chi connectivity index (χ4v) is 5.10. The van der Waals surface area contributed by atoms with E-state index in [1.807, 2.05) is 0 Å². The van der Waals surface area contributed by atoms with Crippen molar-refractivity contribution in [3.8, 4) is 0 Å². The Morgan fingerprint density at radius 1 is 1.24 bits per heavy atom. The van der Waals surface area contributed by atoms with E-state index in [9.17, 15) is 18.0 Å². The first-order valence-corrected chi connectivity index (χ1v) is 12.2. The summed E-state index contributed by atoms with van der Waals surface area (Å²) in [6.07, 6.45) is 3.24. The van der Waals surface area contributed by atoms with Crippen molar-refractivity contribution in [1.82, 2.24) is 5.32 Å². The Morgan fingerprint density at radius 3 is 2.73 bits per heavy atom. The van der Waals surface area contributed by atoms with E-state index < -0.39 is 28.5 Å². The standard InChI is InChI=1S/C23H25ClN2O6S/c1-2-12-26(21-11-4-3-10-20(21)24)33(29,30)19-9-5-7-17(14-19)23(28)32-16-22(27)25-15-18-8-6-13-31-18/h2-5,7,9-11,14,18H,1,6,8,12-13,15-16H2,(H,25,27). The summed E-state index contributed by atoms with van der Waals surface area (Å²) in [7, 11) is -4.07.